The molecule has 0 saturated carbocycles. The number of nitrogens with zero attached hydrogens (tertiary/aromatic N) is 2. The Kier molecular flexibility index (Phi) is 4.66. The van der Waals surface area contributed by atoms with Crippen LogP contribution in [0.25, 0.3) is 0 Å². The molecule has 22 heavy (non-hydrogen) atoms. The van der Waals surface area contributed by atoms with Crippen LogP contribution < -0.4 is 0 Å². The van der Waals surface area contributed by atoms with Gasteiger partial charge in [-0.2, -0.15) is 21.6 Å². The molecule has 0 spiro atoms. The summed E-state index contributed by atoms with van der Waals surface area (Å²) in [6, 6.07) is 9.32. The first-order valence-corrected chi connectivity index (χ1v) is 8.96. The summed E-state index contributed by atoms with van der Waals surface area (Å²) in [6.45, 7) is 0. The Balaban J connectivity index is 2.51. The van der Waals surface area contributed by atoms with Gasteiger partial charge in [0.2, 0.25) is 0 Å². The summed E-state index contributed by atoms with van der Waals surface area (Å²) in [5.74, 6) is 0. The van der Waals surface area contributed by atoms with Crippen LogP contribution in [0.1, 0.15) is 5.56 Å². The normalized spacial score (nSPS) is 14.0. The second-order valence-corrected chi connectivity index (χ2v) is 7.56. The quantitative estimate of drug-likeness (QED) is 0.855. The molecule has 2 rings (SSSR count). The summed E-state index contributed by atoms with van der Waals surface area (Å²) in [5.41, 5.74) is -0.979. The predicted molar refractivity (Wildman–Crippen MR) is 76.8 cm³/mol. The molecule has 4 nitrogen and oxygen atoms in total. The number of hydrogen-bond acceptors (Lipinski definition) is 3. The lowest BCUT2D eigenvalue weighted by Crippen LogP contribution is -2.12. The molecule has 0 N–H and O–H groups in total. The van der Waals surface area contributed by atoms with Crippen molar-refractivity contribution in [2.45, 2.75) is 16.1 Å². The van der Waals surface area contributed by atoms with Crippen LogP contribution in [0.15, 0.2) is 62.4 Å². The van der Waals surface area contributed by atoms with Crippen molar-refractivity contribution in [3.8, 4) is 0 Å². The molecule has 9 heteroatoms. The standard InChI is InChI=1S/C13H11F3N2O2S2/c1-21(12-11(13(14,15)16)8-5-9-17-12)18-22(19,20)10-6-3-2-4-7-10/h2-9H,1H3. The Morgan fingerprint density at radius 3 is 2.32 bits per heavy atom. The highest BCUT2D eigenvalue weighted by atomic mass is 32.3. The van der Waals surface area contributed by atoms with Crippen LogP contribution in [0.5, 0.6) is 0 Å². The van der Waals surface area contributed by atoms with E-state index in [1.54, 1.807) is 6.07 Å². The lowest BCUT2D eigenvalue weighted by atomic mass is 10.3. The Hall–Kier alpha value is -1.74. The fourth-order valence-electron chi connectivity index (χ4n) is 1.66. The molecule has 0 aliphatic heterocycles. The van der Waals surface area contributed by atoms with Crippen LogP contribution >= 0.6 is 0 Å². The Morgan fingerprint density at radius 2 is 1.73 bits per heavy atom. The van der Waals surface area contributed by atoms with E-state index in [9.17, 15) is 21.6 Å². The smallest absolute Gasteiger partial charge is 0.248 e. The van der Waals surface area contributed by atoms with Gasteiger partial charge in [0.25, 0.3) is 10.0 Å². The summed E-state index contributed by atoms with van der Waals surface area (Å²) < 4.78 is 66.6. The van der Waals surface area contributed by atoms with Crippen LogP contribution in [0.2, 0.25) is 0 Å². The van der Waals surface area contributed by atoms with Gasteiger partial charge in [0.1, 0.15) is 5.03 Å². The minimum Gasteiger partial charge on any atom is -0.248 e. The average molecular weight is 348 g/mol. The molecule has 0 amide bonds. The van der Waals surface area contributed by atoms with Gasteiger partial charge in [-0.1, -0.05) is 18.2 Å². The van der Waals surface area contributed by atoms with Crippen molar-refractivity contribution in [1.29, 1.82) is 0 Å². The first-order valence-electron chi connectivity index (χ1n) is 5.93. The minimum absolute atomic E-state index is 0.0705. The van der Waals surface area contributed by atoms with Crippen LogP contribution in [-0.2, 0) is 26.9 Å². The molecule has 1 aromatic carbocycles. The van der Waals surface area contributed by atoms with E-state index in [0.717, 1.165) is 12.1 Å². The van der Waals surface area contributed by atoms with Crippen molar-refractivity contribution in [3.05, 3.63) is 54.2 Å². The van der Waals surface area contributed by atoms with Gasteiger partial charge in [-0.15, -0.1) is 3.77 Å². The van der Waals surface area contributed by atoms with Crippen molar-refractivity contribution >= 4 is 20.7 Å². The summed E-state index contributed by atoms with van der Waals surface area (Å²) in [6.07, 6.45) is -2.15. The number of benzene rings is 1. The highest BCUT2D eigenvalue weighted by molar-refractivity contribution is 7.99. The third-order valence-electron chi connectivity index (χ3n) is 2.61. The maximum atomic E-state index is 12.9. The van der Waals surface area contributed by atoms with Gasteiger partial charge >= 0.3 is 6.18 Å². The third-order valence-corrected chi connectivity index (χ3v) is 6.04. The van der Waals surface area contributed by atoms with E-state index < -0.39 is 37.5 Å². The third kappa shape index (κ3) is 3.72. The number of aromatic nitrogens is 1. The van der Waals surface area contributed by atoms with Crippen LogP contribution in [0.3, 0.4) is 0 Å². The molecule has 1 aromatic heterocycles. The van der Waals surface area contributed by atoms with Crippen molar-refractivity contribution in [2.75, 3.05) is 6.26 Å². The molecule has 0 radical (unpaired) electrons. The monoisotopic (exact) mass is 348 g/mol. The van der Waals surface area contributed by atoms with Gasteiger partial charge in [-0.3, -0.25) is 0 Å². The molecule has 1 atom stereocenters. The molecule has 0 aliphatic rings. The Bertz CT molecular complexity index is 804. The lowest BCUT2D eigenvalue weighted by Gasteiger charge is -2.11. The summed E-state index contributed by atoms with van der Waals surface area (Å²) in [7, 11) is -5.60. The topological polar surface area (TPSA) is 59.4 Å². The molecule has 0 fully saturated rings. The molecule has 0 bridgehead atoms. The molecule has 0 saturated heterocycles. The van der Waals surface area contributed by atoms with E-state index in [-0.39, 0.29) is 4.90 Å². The van der Waals surface area contributed by atoms with Gasteiger partial charge < -0.3 is 0 Å². The van der Waals surface area contributed by atoms with Crippen molar-refractivity contribution in [1.82, 2.24) is 4.98 Å². The van der Waals surface area contributed by atoms with E-state index in [0.29, 0.717) is 0 Å². The Labute approximate surface area is 128 Å². The maximum absolute atomic E-state index is 12.9. The number of sulfonamides is 1. The molecule has 0 aliphatic carbocycles. The number of pyridine rings is 1. The SMILES string of the molecule is CS(=NS(=O)(=O)c1ccccc1)c1ncccc1C(F)(F)F. The average Bonchev–Trinajstić information content (AvgIpc) is 2.47. The van der Waals surface area contributed by atoms with Crippen LogP contribution in [0, 0.1) is 0 Å². The fraction of sp³-hybridized carbons (Fsp3) is 0.154. The minimum atomic E-state index is -4.61. The molecular weight excluding hydrogens is 337 g/mol. The summed E-state index contributed by atoms with van der Waals surface area (Å²) in [4.78, 5) is 3.59. The van der Waals surface area contributed by atoms with Gasteiger partial charge in [0.15, 0.2) is 0 Å². The molecule has 1 heterocycles. The van der Waals surface area contributed by atoms with Gasteiger partial charge in [0, 0.05) is 6.20 Å². The van der Waals surface area contributed by atoms with E-state index in [1.165, 1.54) is 36.7 Å². The highest BCUT2D eigenvalue weighted by Gasteiger charge is 2.34. The van der Waals surface area contributed by atoms with E-state index in [1.807, 2.05) is 0 Å². The van der Waals surface area contributed by atoms with E-state index in [2.05, 4.69) is 8.75 Å². The molecular formula is C13H11F3N2O2S2. The number of halogens is 3. The van der Waals surface area contributed by atoms with Gasteiger partial charge in [0.05, 0.1) is 10.5 Å². The Morgan fingerprint density at radius 1 is 1.09 bits per heavy atom. The van der Waals surface area contributed by atoms with Crippen molar-refractivity contribution < 1.29 is 21.6 Å². The van der Waals surface area contributed by atoms with Gasteiger partial charge in [-0.25, -0.2) is 4.98 Å². The summed E-state index contributed by atoms with van der Waals surface area (Å²) in [5, 5.41) is -0.394. The number of alkyl halides is 3. The summed E-state index contributed by atoms with van der Waals surface area (Å²) >= 11 is 0. The highest BCUT2D eigenvalue weighted by Crippen LogP contribution is 2.32. The first-order chi connectivity index (χ1) is 10.2. The van der Waals surface area contributed by atoms with Crippen molar-refractivity contribution in [2.24, 2.45) is 3.77 Å². The molecule has 118 valence electrons. The van der Waals surface area contributed by atoms with Crippen LogP contribution in [0.4, 0.5) is 13.2 Å². The number of hydrogen-bond donors (Lipinski definition) is 0. The zero-order valence-electron chi connectivity index (χ0n) is 11.3. The maximum Gasteiger partial charge on any atom is 0.419 e. The largest absolute Gasteiger partial charge is 0.419 e. The zero-order chi connectivity index (χ0) is 16.4. The lowest BCUT2D eigenvalue weighted by molar-refractivity contribution is -0.140. The van der Waals surface area contributed by atoms with E-state index >= 15 is 0 Å². The van der Waals surface area contributed by atoms with Crippen LogP contribution in [-0.4, -0.2) is 19.7 Å². The molecule has 2 aromatic rings. The first kappa shape index (κ1) is 16.6. The predicted octanol–water partition coefficient (Wildman–Crippen LogP) is 3.28. The van der Waals surface area contributed by atoms with Gasteiger partial charge in [-0.05, 0) is 41.2 Å². The van der Waals surface area contributed by atoms with E-state index in [4.69, 9.17) is 0 Å². The second kappa shape index (κ2) is 6.17. The number of rotatable bonds is 3. The zero-order valence-corrected chi connectivity index (χ0v) is 12.9. The van der Waals surface area contributed by atoms with Crippen molar-refractivity contribution in [3.63, 3.8) is 0 Å². The second-order valence-electron chi connectivity index (χ2n) is 4.19. The molecule has 1 unspecified atom stereocenters. The fourth-order valence-corrected chi connectivity index (χ4v) is 4.68.